The molecule has 1 aromatic carbocycles. The molecular weight excluding hydrogens is 411 g/mol. The molecule has 5 rings (SSSR count). The summed E-state index contributed by atoms with van der Waals surface area (Å²) in [5.41, 5.74) is 0.625. The number of benzene rings is 1. The summed E-state index contributed by atoms with van der Waals surface area (Å²) in [7, 11) is 0. The molecule has 1 N–H and O–H groups in total. The van der Waals surface area contributed by atoms with Crippen molar-refractivity contribution in [1.82, 2.24) is 4.90 Å². The summed E-state index contributed by atoms with van der Waals surface area (Å²) in [4.78, 5) is 40.2. The highest BCUT2D eigenvalue weighted by Gasteiger charge is 2.61. The van der Waals surface area contributed by atoms with E-state index in [2.05, 4.69) is 5.32 Å². The fourth-order valence-electron chi connectivity index (χ4n) is 6.21. The molecule has 2 bridgehead atoms. The van der Waals surface area contributed by atoms with Gasteiger partial charge in [0.2, 0.25) is 17.7 Å². The number of nitrogens with one attached hydrogen (secondary N) is 1. The highest BCUT2D eigenvalue weighted by Crippen LogP contribution is 2.56. The summed E-state index contributed by atoms with van der Waals surface area (Å²) in [5, 5.41) is 3.75. The third-order valence-electron chi connectivity index (χ3n) is 7.58. The zero-order valence-electron chi connectivity index (χ0n) is 16.1. The second-order valence-electron chi connectivity index (χ2n) is 9.05. The molecule has 0 radical (unpaired) electrons. The molecule has 7 heteroatoms. The Labute approximate surface area is 180 Å². The van der Waals surface area contributed by atoms with Crippen LogP contribution in [-0.2, 0) is 14.4 Å². The lowest BCUT2D eigenvalue weighted by Gasteiger charge is -2.33. The summed E-state index contributed by atoms with van der Waals surface area (Å²) in [6.07, 6.45) is 6.01. The Bertz CT molecular complexity index is 853. The van der Waals surface area contributed by atoms with Crippen LogP contribution in [0.5, 0.6) is 0 Å². The van der Waals surface area contributed by atoms with Crippen molar-refractivity contribution in [2.45, 2.75) is 51.0 Å². The van der Waals surface area contributed by atoms with E-state index in [0.29, 0.717) is 53.3 Å². The van der Waals surface area contributed by atoms with Crippen LogP contribution < -0.4 is 5.32 Å². The van der Waals surface area contributed by atoms with Gasteiger partial charge in [-0.05, 0) is 75.0 Å². The van der Waals surface area contributed by atoms with Gasteiger partial charge >= 0.3 is 0 Å². The molecule has 1 aliphatic heterocycles. The molecule has 1 heterocycles. The Morgan fingerprint density at radius 2 is 1.52 bits per heavy atom. The predicted octanol–water partition coefficient (Wildman–Crippen LogP) is 4.52. The Kier molecular flexibility index (Phi) is 4.86. The first-order valence-corrected chi connectivity index (χ1v) is 11.3. The van der Waals surface area contributed by atoms with E-state index in [9.17, 15) is 14.4 Å². The van der Waals surface area contributed by atoms with E-state index in [1.165, 1.54) is 0 Å². The predicted molar refractivity (Wildman–Crippen MR) is 111 cm³/mol. The first-order valence-electron chi connectivity index (χ1n) is 10.6. The second kappa shape index (κ2) is 7.28. The zero-order valence-corrected chi connectivity index (χ0v) is 17.6. The van der Waals surface area contributed by atoms with E-state index in [1.807, 2.05) is 0 Å². The molecule has 0 aromatic heterocycles. The molecule has 0 spiro atoms. The molecule has 3 saturated carbocycles. The van der Waals surface area contributed by atoms with Gasteiger partial charge in [-0.15, -0.1) is 0 Å². The number of amides is 3. The second-order valence-corrected chi connectivity index (χ2v) is 9.87. The molecule has 4 aliphatic rings. The molecule has 29 heavy (non-hydrogen) atoms. The van der Waals surface area contributed by atoms with Crippen molar-refractivity contribution in [3.05, 3.63) is 28.2 Å². The molecule has 1 saturated heterocycles. The third kappa shape index (κ3) is 3.17. The number of anilines is 1. The molecule has 3 aliphatic carbocycles. The summed E-state index contributed by atoms with van der Waals surface area (Å²) in [6.45, 7) is 0. The van der Waals surface area contributed by atoms with Crippen LogP contribution in [0.1, 0.15) is 44.9 Å². The summed E-state index contributed by atoms with van der Waals surface area (Å²) >= 11 is 11.9. The molecular formula is C22H24Cl2N2O3. The number of likely N-dealkylation sites (tertiary alicyclic amines) is 1. The normalized spacial score (nSPS) is 35.9. The van der Waals surface area contributed by atoms with Crippen LogP contribution in [0.25, 0.3) is 0 Å². The van der Waals surface area contributed by atoms with Crippen molar-refractivity contribution in [2.75, 3.05) is 5.32 Å². The van der Waals surface area contributed by atoms with Gasteiger partial charge in [-0.2, -0.15) is 0 Å². The largest absolute Gasteiger partial charge is 0.326 e. The molecule has 3 amide bonds. The maximum atomic E-state index is 13.0. The summed E-state index contributed by atoms with van der Waals surface area (Å²) < 4.78 is 0. The SMILES string of the molecule is O=C(Nc1ccc(Cl)c(Cl)c1)C1CCC(N2C(=O)[C@@H]3[C@H]4CC[C@@H](C4)[C@H]3C2=O)CC1. The van der Waals surface area contributed by atoms with Gasteiger partial charge in [-0.1, -0.05) is 23.2 Å². The maximum absolute atomic E-state index is 13.0. The van der Waals surface area contributed by atoms with Crippen LogP contribution in [0, 0.1) is 29.6 Å². The number of fused-ring (bicyclic) bond motifs is 5. The number of nitrogens with zero attached hydrogens (tertiary/aromatic N) is 1. The molecule has 154 valence electrons. The smallest absolute Gasteiger partial charge is 0.233 e. The first kappa shape index (κ1) is 19.4. The number of carbonyl (C=O) groups excluding carboxylic acids is 3. The highest BCUT2D eigenvalue weighted by atomic mass is 35.5. The number of halogens is 2. The average Bonchev–Trinajstić information content (AvgIpc) is 3.39. The van der Waals surface area contributed by atoms with Crippen LogP contribution in [0.15, 0.2) is 18.2 Å². The van der Waals surface area contributed by atoms with Crippen molar-refractivity contribution in [2.24, 2.45) is 29.6 Å². The van der Waals surface area contributed by atoms with Crippen molar-refractivity contribution in [3.63, 3.8) is 0 Å². The topological polar surface area (TPSA) is 66.5 Å². The van der Waals surface area contributed by atoms with Gasteiger partial charge in [-0.25, -0.2) is 0 Å². The van der Waals surface area contributed by atoms with Gasteiger partial charge in [0.25, 0.3) is 0 Å². The van der Waals surface area contributed by atoms with Gasteiger partial charge in [0.05, 0.1) is 21.9 Å². The van der Waals surface area contributed by atoms with E-state index in [-0.39, 0.29) is 41.5 Å². The number of imide groups is 1. The number of hydrogen-bond acceptors (Lipinski definition) is 3. The van der Waals surface area contributed by atoms with Crippen molar-refractivity contribution >= 4 is 46.6 Å². The Morgan fingerprint density at radius 1 is 0.897 bits per heavy atom. The highest BCUT2D eigenvalue weighted by molar-refractivity contribution is 6.42. The third-order valence-corrected chi connectivity index (χ3v) is 8.32. The van der Waals surface area contributed by atoms with E-state index < -0.39 is 0 Å². The van der Waals surface area contributed by atoms with Crippen LogP contribution in [0.4, 0.5) is 5.69 Å². The maximum Gasteiger partial charge on any atom is 0.233 e. The van der Waals surface area contributed by atoms with Crippen LogP contribution >= 0.6 is 23.2 Å². The van der Waals surface area contributed by atoms with Gasteiger partial charge in [0, 0.05) is 17.6 Å². The van der Waals surface area contributed by atoms with E-state index >= 15 is 0 Å². The average molecular weight is 435 g/mol. The molecule has 4 atom stereocenters. The summed E-state index contributed by atoms with van der Waals surface area (Å²) in [5.74, 6) is 0.681. The van der Waals surface area contributed by atoms with E-state index in [1.54, 1.807) is 23.1 Å². The fourth-order valence-corrected chi connectivity index (χ4v) is 6.50. The van der Waals surface area contributed by atoms with E-state index in [4.69, 9.17) is 23.2 Å². The van der Waals surface area contributed by atoms with Crippen molar-refractivity contribution in [3.8, 4) is 0 Å². The Balaban J connectivity index is 1.20. The molecule has 5 nitrogen and oxygen atoms in total. The van der Waals surface area contributed by atoms with Crippen LogP contribution in [-0.4, -0.2) is 28.7 Å². The lowest BCUT2D eigenvalue weighted by Crippen LogP contribution is -2.44. The Hall–Kier alpha value is -1.59. The summed E-state index contributed by atoms with van der Waals surface area (Å²) in [6, 6.07) is 4.98. The van der Waals surface area contributed by atoms with Gasteiger partial charge in [0.15, 0.2) is 0 Å². The minimum absolute atomic E-state index is 0.0455. The zero-order chi connectivity index (χ0) is 20.3. The van der Waals surface area contributed by atoms with Gasteiger partial charge in [0.1, 0.15) is 0 Å². The number of rotatable bonds is 3. The van der Waals surface area contributed by atoms with Crippen LogP contribution in [0.3, 0.4) is 0 Å². The van der Waals surface area contributed by atoms with Gasteiger partial charge < -0.3 is 5.32 Å². The first-order chi connectivity index (χ1) is 13.9. The van der Waals surface area contributed by atoms with E-state index in [0.717, 1.165) is 19.3 Å². The van der Waals surface area contributed by atoms with Crippen LogP contribution in [0.2, 0.25) is 10.0 Å². The molecule has 4 fully saturated rings. The minimum atomic E-state index is -0.121. The van der Waals surface area contributed by atoms with Gasteiger partial charge in [-0.3, -0.25) is 19.3 Å². The lowest BCUT2D eigenvalue weighted by molar-refractivity contribution is -0.144. The standard InChI is InChI=1S/C22H24Cl2N2O3/c23-16-8-5-14(10-17(16)24)25-20(27)11-3-6-15(7-4-11)26-21(28)18-12-1-2-13(9-12)19(18)22(26)29/h5,8,10-13,15,18-19H,1-4,6-7,9H2,(H,25,27)/t11?,12-,13-,15?,18+,19+/m0/s1. The Morgan fingerprint density at radius 3 is 2.10 bits per heavy atom. The van der Waals surface area contributed by atoms with Crippen molar-refractivity contribution < 1.29 is 14.4 Å². The molecule has 0 unspecified atom stereocenters. The molecule has 1 aromatic rings. The monoisotopic (exact) mass is 434 g/mol. The fraction of sp³-hybridized carbons (Fsp3) is 0.591. The minimum Gasteiger partial charge on any atom is -0.326 e. The number of hydrogen-bond donors (Lipinski definition) is 1. The quantitative estimate of drug-likeness (QED) is 0.710. The van der Waals surface area contributed by atoms with Crippen molar-refractivity contribution in [1.29, 1.82) is 0 Å². The number of carbonyl (C=O) groups is 3. The lowest BCUT2D eigenvalue weighted by atomic mass is 9.81.